The number of nitrogens with one attached hydrogen (secondary N) is 1. The molecule has 0 unspecified atom stereocenters. The summed E-state index contributed by atoms with van der Waals surface area (Å²) < 4.78 is 0. The van der Waals surface area contributed by atoms with E-state index in [0.29, 0.717) is 5.13 Å². The van der Waals surface area contributed by atoms with Crippen LogP contribution in [0, 0.1) is 0 Å². The lowest BCUT2D eigenvalue weighted by molar-refractivity contribution is 0.102. The van der Waals surface area contributed by atoms with Crippen LogP contribution < -0.4 is 5.32 Å². The molecule has 7 heteroatoms. The molecule has 0 aliphatic carbocycles. The Morgan fingerprint density at radius 1 is 1.44 bits per heavy atom. The maximum Gasteiger partial charge on any atom is 0.277 e. The van der Waals surface area contributed by atoms with Crippen molar-refractivity contribution in [1.82, 2.24) is 19.9 Å². The van der Waals surface area contributed by atoms with Crippen molar-refractivity contribution in [3.63, 3.8) is 0 Å². The normalized spacial score (nSPS) is 10.6. The van der Waals surface area contributed by atoms with E-state index in [1.54, 1.807) is 0 Å². The Balaban J connectivity index is 2.01. The van der Waals surface area contributed by atoms with Crippen LogP contribution in [-0.2, 0) is 6.54 Å². The summed E-state index contributed by atoms with van der Waals surface area (Å²) in [5.41, 5.74) is 1.21. The molecule has 6 nitrogen and oxygen atoms in total. The molecule has 0 aliphatic rings. The standard InChI is InChI=1S/C11H13N5OS/c1-16(2)6-8-7-18-11(14-8)15-10(17)9-5-12-3-4-13-9/h3-5,7H,6H2,1-2H3,(H,14,15,17). The van der Waals surface area contributed by atoms with Crippen LogP contribution in [-0.4, -0.2) is 39.9 Å². The van der Waals surface area contributed by atoms with Gasteiger partial charge in [-0.1, -0.05) is 0 Å². The highest BCUT2D eigenvalue weighted by atomic mass is 32.1. The molecule has 2 aromatic heterocycles. The van der Waals surface area contributed by atoms with Gasteiger partial charge in [0.05, 0.1) is 11.9 Å². The zero-order valence-electron chi connectivity index (χ0n) is 10.1. The SMILES string of the molecule is CN(C)Cc1csc(NC(=O)c2cnccn2)n1. The van der Waals surface area contributed by atoms with E-state index in [2.05, 4.69) is 20.3 Å². The van der Waals surface area contributed by atoms with Gasteiger partial charge in [-0.05, 0) is 14.1 Å². The minimum absolute atomic E-state index is 0.279. The summed E-state index contributed by atoms with van der Waals surface area (Å²) >= 11 is 1.40. The van der Waals surface area contributed by atoms with Gasteiger partial charge in [-0.15, -0.1) is 11.3 Å². The quantitative estimate of drug-likeness (QED) is 0.898. The van der Waals surface area contributed by atoms with E-state index in [9.17, 15) is 4.79 Å². The first-order chi connectivity index (χ1) is 8.65. The van der Waals surface area contributed by atoms with E-state index < -0.39 is 0 Å². The predicted octanol–water partition coefficient (Wildman–Crippen LogP) is 1.25. The van der Waals surface area contributed by atoms with Crippen molar-refractivity contribution in [3.05, 3.63) is 35.4 Å². The van der Waals surface area contributed by atoms with Crippen LogP contribution >= 0.6 is 11.3 Å². The van der Waals surface area contributed by atoms with Gasteiger partial charge in [0.1, 0.15) is 5.69 Å². The van der Waals surface area contributed by atoms with Gasteiger partial charge in [-0.25, -0.2) is 9.97 Å². The summed E-state index contributed by atoms with van der Waals surface area (Å²) in [6, 6.07) is 0. The molecule has 2 rings (SSSR count). The van der Waals surface area contributed by atoms with Crippen LogP contribution in [0.3, 0.4) is 0 Å². The molecule has 2 aromatic rings. The molecule has 0 radical (unpaired) electrons. The van der Waals surface area contributed by atoms with Crippen molar-refractivity contribution >= 4 is 22.4 Å². The molecule has 0 fully saturated rings. The first-order valence-corrected chi connectivity index (χ1v) is 6.19. The second kappa shape index (κ2) is 5.65. The fourth-order valence-electron chi connectivity index (χ4n) is 1.34. The van der Waals surface area contributed by atoms with E-state index in [4.69, 9.17) is 0 Å². The van der Waals surface area contributed by atoms with E-state index in [1.165, 1.54) is 29.9 Å². The highest BCUT2D eigenvalue weighted by molar-refractivity contribution is 7.13. The molecule has 0 atom stereocenters. The number of carbonyl (C=O) groups is 1. The summed E-state index contributed by atoms with van der Waals surface area (Å²) in [6.45, 7) is 0.748. The molecule has 0 bridgehead atoms. The zero-order chi connectivity index (χ0) is 13.0. The smallest absolute Gasteiger partial charge is 0.277 e. The Morgan fingerprint density at radius 2 is 2.28 bits per heavy atom. The highest BCUT2D eigenvalue weighted by Gasteiger charge is 2.10. The first-order valence-electron chi connectivity index (χ1n) is 5.31. The Hall–Kier alpha value is -1.86. The van der Waals surface area contributed by atoms with Gasteiger partial charge >= 0.3 is 0 Å². The second-order valence-corrected chi connectivity index (χ2v) is 4.78. The molecule has 0 spiro atoms. The van der Waals surface area contributed by atoms with Gasteiger partial charge in [-0.3, -0.25) is 15.1 Å². The number of thiazole rings is 1. The van der Waals surface area contributed by atoms with Crippen LogP contribution in [0.5, 0.6) is 0 Å². The Kier molecular flexibility index (Phi) is 3.96. The van der Waals surface area contributed by atoms with Gasteiger partial charge in [0.2, 0.25) is 0 Å². The summed E-state index contributed by atoms with van der Waals surface area (Å²) in [5, 5.41) is 5.19. The van der Waals surface area contributed by atoms with Gasteiger partial charge in [0.15, 0.2) is 5.13 Å². The van der Waals surface area contributed by atoms with Crippen LogP contribution in [0.1, 0.15) is 16.2 Å². The molecule has 0 aliphatic heterocycles. The van der Waals surface area contributed by atoms with Crippen LogP contribution in [0.15, 0.2) is 24.0 Å². The van der Waals surface area contributed by atoms with Crippen molar-refractivity contribution in [3.8, 4) is 0 Å². The number of carbonyl (C=O) groups excluding carboxylic acids is 1. The third kappa shape index (κ3) is 3.31. The molecule has 1 amide bonds. The average molecular weight is 263 g/mol. The van der Waals surface area contributed by atoms with E-state index in [-0.39, 0.29) is 11.6 Å². The van der Waals surface area contributed by atoms with E-state index >= 15 is 0 Å². The number of rotatable bonds is 4. The number of nitrogens with zero attached hydrogens (tertiary/aromatic N) is 4. The summed E-state index contributed by atoms with van der Waals surface area (Å²) in [6.07, 6.45) is 4.42. The number of anilines is 1. The second-order valence-electron chi connectivity index (χ2n) is 3.93. The van der Waals surface area contributed by atoms with E-state index in [1.807, 2.05) is 24.4 Å². The fraction of sp³-hybridized carbons (Fsp3) is 0.273. The van der Waals surface area contributed by atoms with Gasteiger partial charge < -0.3 is 4.90 Å². The maximum atomic E-state index is 11.8. The molecule has 18 heavy (non-hydrogen) atoms. The minimum atomic E-state index is -0.297. The van der Waals surface area contributed by atoms with Crippen molar-refractivity contribution in [2.75, 3.05) is 19.4 Å². The molecule has 94 valence electrons. The first kappa shape index (κ1) is 12.6. The predicted molar refractivity (Wildman–Crippen MR) is 69.5 cm³/mol. The molecular weight excluding hydrogens is 250 g/mol. The van der Waals surface area contributed by atoms with Crippen LogP contribution in [0.4, 0.5) is 5.13 Å². The van der Waals surface area contributed by atoms with Gasteiger partial charge in [-0.2, -0.15) is 0 Å². The van der Waals surface area contributed by atoms with Crippen LogP contribution in [0.2, 0.25) is 0 Å². The lowest BCUT2D eigenvalue weighted by Gasteiger charge is -2.05. The number of hydrogen-bond donors (Lipinski definition) is 1. The summed E-state index contributed by atoms with van der Waals surface area (Å²) in [7, 11) is 3.94. The zero-order valence-corrected chi connectivity index (χ0v) is 10.9. The highest BCUT2D eigenvalue weighted by Crippen LogP contribution is 2.16. The molecule has 0 saturated heterocycles. The summed E-state index contributed by atoms with van der Waals surface area (Å²) in [5.74, 6) is -0.297. The third-order valence-corrected chi connectivity index (χ3v) is 2.85. The monoisotopic (exact) mass is 263 g/mol. The Bertz CT molecular complexity index is 525. The van der Waals surface area contributed by atoms with Crippen molar-refractivity contribution < 1.29 is 4.79 Å². The lowest BCUT2D eigenvalue weighted by Crippen LogP contribution is -2.14. The Morgan fingerprint density at radius 3 is 2.94 bits per heavy atom. The lowest BCUT2D eigenvalue weighted by atomic mass is 10.4. The molecular formula is C11H13N5OS. The fourth-order valence-corrected chi connectivity index (χ4v) is 2.03. The minimum Gasteiger partial charge on any atom is -0.304 e. The molecule has 0 aromatic carbocycles. The summed E-state index contributed by atoms with van der Waals surface area (Å²) in [4.78, 5) is 25.9. The third-order valence-electron chi connectivity index (χ3n) is 2.05. The number of amides is 1. The maximum absolute atomic E-state index is 11.8. The van der Waals surface area contributed by atoms with E-state index in [0.717, 1.165) is 12.2 Å². The Labute approximate surface area is 109 Å². The molecule has 2 heterocycles. The van der Waals surface area contributed by atoms with Crippen molar-refractivity contribution in [2.45, 2.75) is 6.54 Å². The van der Waals surface area contributed by atoms with Crippen molar-refractivity contribution in [1.29, 1.82) is 0 Å². The molecule has 0 saturated carbocycles. The number of aromatic nitrogens is 3. The average Bonchev–Trinajstić information content (AvgIpc) is 2.76. The van der Waals surface area contributed by atoms with Gasteiger partial charge in [0, 0.05) is 24.3 Å². The van der Waals surface area contributed by atoms with Crippen molar-refractivity contribution in [2.24, 2.45) is 0 Å². The molecule has 1 N–H and O–H groups in total. The largest absolute Gasteiger partial charge is 0.304 e. The number of hydrogen-bond acceptors (Lipinski definition) is 6. The van der Waals surface area contributed by atoms with Gasteiger partial charge in [0.25, 0.3) is 5.91 Å². The topological polar surface area (TPSA) is 71.0 Å². The van der Waals surface area contributed by atoms with Crippen LogP contribution in [0.25, 0.3) is 0 Å².